The Bertz CT molecular complexity index is 1410. The summed E-state index contributed by atoms with van der Waals surface area (Å²) < 4.78 is 6.28. The van der Waals surface area contributed by atoms with Gasteiger partial charge in [0.25, 0.3) is 11.8 Å². The van der Waals surface area contributed by atoms with Gasteiger partial charge in [-0.05, 0) is 37.5 Å². The van der Waals surface area contributed by atoms with E-state index < -0.39 is 0 Å². The van der Waals surface area contributed by atoms with Gasteiger partial charge in [-0.2, -0.15) is 0 Å². The Morgan fingerprint density at radius 1 is 0.272 bits per heavy atom. The van der Waals surface area contributed by atoms with Gasteiger partial charge in [0.15, 0.2) is 0 Å². The second-order valence-electron chi connectivity index (χ2n) is 25.9. The second kappa shape index (κ2) is 65.5. The first-order chi connectivity index (χ1) is 40.1. The molecule has 0 aliphatic carbocycles. The van der Waals surface area contributed by atoms with E-state index in [9.17, 15) is 9.59 Å². The van der Waals surface area contributed by atoms with E-state index in [4.69, 9.17) is 4.74 Å². The van der Waals surface area contributed by atoms with Crippen molar-refractivity contribution in [3.63, 3.8) is 0 Å². The van der Waals surface area contributed by atoms with E-state index in [2.05, 4.69) is 31.4 Å². The summed E-state index contributed by atoms with van der Waals surface area (Å²) in [4.78, 5) is 26.8. The predicted octanol–water partition coefficient (Wildman–Crippen LogP) is 25.8. The predicted molar refractivity (Wildman–Crippen MR) is 360 cm³/mol. The third-order valence-electron chi connectivity index (χ3n) is 17.9. The highest BCUT2D eigenvalue weighted by Gasteiger charge is 2.16. The lowest BCUT2D eigenvalue weighted by Crippen LogP contribution is -2.26. The zero-order valence-corrected chi connectivity index (χ0v) is 55.4. The molecule has 0 spiro atoms. The number of carbonyl (C=O) groups is 2. The fourth-order valence-electron chi connectivity index (χ4n) is 12.2. The Hall–Kier alpha value is -2.04. The maximum Gasteiger partial charge on any atom is 0.255 e. The van der Waals surface area contributed by atoms with E-state index in [0.717, 1.165) is 38.5 Å². The molecule has 1 aromatic carbocycles. The Morgan fingerprint density at radius 3 is 0.728 bits per heavy atom. The Kier molecular flexibility index (Phi) is 62.2. The normalized spacial score (nSPS) is 11.5. The third-order valence-corrected chi connectivity index (χ3v) is 17.9. The number of nitrogens with one attached hydrogen (secondary N) is 2. The molecule has 0 saturated heterocycles. The van der Waals surface area contributed by atoms with Crippen molar-refractivity contribution in [2.24, 2.45) is 0 Å². The van der Waals surface area contributed by atoms with Crippen molar-refractivity contribution >= 4 is 11.8 Å². The molecule has 2 N–H and O–H groups in total. The van der Waals surface area contributed by atoms with Gasteiger partial charge in [-0.15, -0.1) is 0 Å². The minimum Gasteiger partial charge on any atom is -0.493 e. The molecule has 0 unspecified atom stereocenters. The number of ether oxygens (including phenoxy) is 1. The van der Waals surface area contributed by atoms with Gasteiger partial charge in [0.05, 0.1) is 12.2 Å². The molecule has 0 heterocycles. The van der Waals surface area contributed by atoms with E-state index in [1.807, 2.05) is 0 Å². The maximum absolute atomic E-state index is 13.5. The van der Waals surface area contributed by atoms with Crippen LogP contribution in [-0.2, 0) is 0 Å². The lowest BCUT2D eigenvalue weighted by atomic mass is 10.0. The molecule has 0 aliphatic heterocycles. The van der Waals surface area contributed by atoms with Crippen LogP contribution in [0.25, 0.3) is 0 Å². The van der Waals surface area contributed by atoms with Crippen LogP contribution in [0.4, 0.5) is 0 Å². The largest absolute Gasteiger partial charge is 0.493 e. The van der Waals surface area contributed by atoms with Crippen molar-refractivity contribution in [1.82, 2.24) is 10.6 Å². The van der Waals surface area contributed by atoms with Crippen LogP contribution in [0, 0.1) is 0 Å². The van der Waals surface area contributed by atoms with Crippen LogP contribution in [0.3, 0.4) is 0 Å². The van der Waals surface area contributed by atoms with Crippen LogP contribution in [0.2, 0.25) is 0 Å². The van der Waals surface area contributed by atoms with Gasteiger partial charge in [-0.1, -0.05) is 400 Å². The standard InChI is InChI=1S/C76H144N2O3/c1-4-7-10-13-16-19-21-23-25-27-29-31-33-35-37-39-41-43-45-47-49-51-53-55-57-60-63-68-77-75(79)72-66-67-73(74(71-72)81-70-65-62-59-18-15-12-9-6-3)76(80)78-69-64-61-58-56-54-52-50-48-46-44-42-40-38-36-34-32-30-28-26-24-22-20-17-14-11-8-5-2/h66-67,71H,4-65,68-70H2,1-3H3,(H,77,79)(H,78,80). The van der Waals surface area contributed by atoms with Crippen molar-refractivity contribution < 1.29 is 14.3 Å². The number of unbranched alkanes of at least 4 members (excludes halogenated alkanes) is 59. The molecule has 0 radical (unpaired) electrons. The number of benzene rings is 1. The lowest BCUT2D eigenvalue weighted by molar-refractivity contribution is 0.0937. The summed E-state index contributed by atoms with van der Waals surface area (Å²) in [6.45, 7) is 8.81. The van der Waals surface area contributed by atoms with Crippen LogP contribution in [0.1, 0.15) is 440 Å². The van der Waals surface area contributed by atoms with Gasteiger partial charge in [0.1, 0.15) is 5.75 Å². The molecule has 0 atom stereocenters. The first-order valence-electron chi connectivity index (χ1n) is 37.5. The molecule has 5 heteroatoms. The lowest BCUT2D eigenvalue weighted by Gasteiger charge is -2.14. The Balaban J connectivity index is 2.13. The molecule has 0 bridgehead atoms. The molecule has 5 nitrogen and oxygen atoms in total. The molecule has 0 fully saturated rings. The summed E-state index contributed by atoms with van der Waals surface area (Å²) in [7, 11) is 0. The molecular weight excluding hydrogens is 989 g/mol. The average molecular weight is 1130 g/mol. The Labute approximate surface area is 508 Å². The molecule has 1 aromatic rings. The molecule has 2 amide bonds. The maximum atomic E-state index is 13.5. The minimum atomic E-state index is -0.0940. The summed E-state index contributed by atoms with van der Waals surface area (Å²) in [6, 6.07) is 5.41. The van der Waals surface area contributed by atoms with Crippen molar-refractivity contribution in [3.8, 4) is 5.75 Å². The molecule has 0 aromatic heterocycles. The topological polar surface area (TPSA) is 67.4 Å². The van der Waals surface area contributed by atoms with Crippen molar-refractivity contribution in [3.05, 3.63) is 29.3 Å². The zero-order valence-electron chi connectivity index (χ0n) is 55.4. The highest BCUT2D eigenvalue weighted by Crippen LogP contribution is 2.24. The Morgan fingerprint density at radius 2 is 0.481 bits per heavy atom. The summed E-state index contributed by atoms with van der Waals surface area (Å²) in [6.07, 6.45) is 85.3. The second-order valence-corrected chi connectivity index (χ2v) is 25.9. The third kappa shape index (κ3) is 55.6. The fourth-order valence-corrected chi connectivity index (χ4v) is 12.2. The number of carbonyl (C=O) groups excluding carboxylic acids is 2. The number of hydrogen-bond acceptors (Lipinski definition) is 3. The van der Waals surface area contributed by atoms with Crippen LogP contribution in [0.15, 0.2) is 18.2 Å². The average Bonchev–Trinajstić information content (AvgIpc) is 3.48. The summed E-state index contributed by atoms with van der Waals surface area (Å²) in [5.41, 5.74) is 1.12. The van der Waals surface area contributed by atoms with E-state index in [1.54, 1.807) is 18.2 Å². The summed E-state index contributed by atoms with van der Waals surface area (Å²) in [5, 5.41) is 6.32. The quantitative estimate of drug-likeness (QED) is 0.0639. The highest BCUT2D eigenvalue weighted by molar-refractivity contribution is 6.00. The molecule has 81 heavy (non-hydrogen) atoms. The highest BCUT2D eigenvalue weighted by atomic mass is 16.5. The van der Waals surface area contributed by atoms with E-state index >= 15 is 0 Å². The number of amides is 2. The van der Waals surface area contributed by atoms with E-state index in [-0.39, 0.29) is 11.8 Å². The molecule has 0 saturated carbocycles. The number of hydrogen-bond donors (Lipinski definition) is 2. The van der Waals surface area contributed by atoms with Crippen LogP contribution >= 0.6 is 0 Å². The van der Waals surface area contributed by atoms with E-state index in [1.165, 1.54) is 360 Å². The molecule has 1 rings (SSSR count). The summed E-state index contributed by atoms with van der Waals surface area (Å²) >= 11 is 0. The van der Waals surface area contributed by atoms with Gasteiger partial charge < -0.3 is 15.4 Å². The van der Waals surface area contributed by atoms with Crippen LogP contribution in [0.5, 0.6) is 5.75 Å². The molecule has 0 aliphatic rings. The molecular formula is C76H144N2O3. The van der Waals surface area contributed by atoms with Gasteiger partial charge in [-0.25, -0.2) is 0 Å². The smallest absolute Gasteiger partial charge is 0.255 e. The SMILES string of the molecule is CCCCCCCCCCCCCCCCCCCCCCCCCCCCCNC(=O)c1ccc(C(=O)NCCCCCCCCCCCCCCCCCCCCCCCCCCCCC)c(OCCCCCCCCCC)c1. The zero-order chi connectivity index (χ0) is 58.1. The van der Waals surface area contributed by atoms with E-state index in [0.29, 0.717) is 36.6 Å². The van der Waals surface area contributed by atoms with Crippen LogP contribution in [-0.4, -0.2) is 31.5 Å². The number of rotatable bonds is 68. The first kappa shape index (κ1) is 77.0. The molecule has 476 valence electrons. The van der Waals surface area contributed by atoms with Gasteiger partial charge in [-0.3, -0.25) is 9.59 Å². The first-order valence-corrected chi connectivity index (χ1v) is 37.5. The van der Waals surface area contributed by atoms with Gasteiger partial charge in [0, 0.05) is 18.7 Å². The van der Waals surface area contributed by atoms with Crippen molar-refractivity contribution in [2.45, 2.75) is 419 Å². The minimum absolute atomic E-state index is 0.0746. The van der Waals surface area contributed by atoms with Crippen LogP contribution < -0.4 is 15.4 Å². The fraction of sp³-hybridized carbons (Fsp3) is 0.895. The van der Waals surface area contributed by atoms with Gasteiger partial charge in [0.2, 0.25) is 0 Å². The monoisotopic (exact) mass is 1130 g/mol. The van der Waals surface area contributed by atoms with Crippen molar-refractivity contribution in [1.29, 1.82) is 0 Å². The van der Waals surface area contributed by atoms with Crippen molar-refractivity contribution in [2.75, 3.05) is 19.7 Å². The van der Waals surface area contributed by atoms with Gasteiger partial charge >= 0.3 is 0 Å². The summed E-state index contributed by atoms with van der Waals surface area (Å²) in [5.74, 6) is 0.372.